The molecular weight excluding hydrogens is 272 g/mol. The summed E-state index contributed by atoms with van der Waals surface area (Å²) >= 11 is 0. The van der Waals surface area contributed by atoms with Crippen molar-refractivity contribution < 1.29 is 9.90 Å². The van der Waals surface area contributed by atoms with Gasteiger partial charge in [0.1, 0.15) is 6.10 Å². The molecule has 2 nitrogen and oxygen atoms in total. The zero-order valence-corrected chi connectivity index (χ0v) is 12.0. The van der Waals surface area contributed by atoms with E-state index in [-0.39, 0.29) is 5.78 Å². The molecule has 0 aromatic heterocycles. The Morgan fingerprint density at radius 2 is 1.09 bits per heavy atom. The van der Waals surface area contributed by atoms with Gasteiger partial charge < -0.3 is 5.11 Å². The van der Waals surface area contributed by atoms with Gasteiger partial charge in [-0.1, -0.05) is 84.9 Å². The van der Waals surface area contributed by atoms with Crippen LogP contribution in [0.4, 0.5) is 0 Å². The molecule has 0 radical (unpaired) electrons. The summed E-state index contributed by atoms with van der Waals surface area (Å²) in [5.41, 5.74) is 2.90. The van der Waals surface area contributed by atoms with Crippen LogP contribution in [0.1, 0.15) is 33.2 Å². The van der Waals surface area contributed by atoms with Gasteiger partial charge in [0.15, 0.2) is 5.78 Å². The van der Waals surface area contributed by atoms with E-state index in [0.717, 1.165) is 11.1 Å². The molecule has 0 spiro atoms. The lowest BCUT2D eigenvalue weighted by atomic mass is 9.98. The third kappa shape index (κ3) is 2.97. The number of hydrogen-bond donors (Lipinski definition) is 1. The normalized spacial score (nSPS) is 11.9. The van der Waals surface area contributed by atoms with E-state index < -0.39 is 6.10 Å². The van der Waals surface area contributed by atoms with Crippen molar-refractivity contribution in [3.63, 3.8) is 0 Å². The Bertz CT molecular complexity index is 747. The lowest BCUT2D eigenvalue weighted by molar-refractivity contribution is 0.103. The number of hydrogen-bond acceptors (Lipinski definition) is 2. The molecule has 0 fully saturated rings. The summed E-state index contributed by atoms with van der Waals surface area (Å²) in [7, 11) is 0. The standard InChI is InChI=1S/C20H16O2/c21-19(15-7-3-1-4-8-15)17-11-13-18(14-12-17)20(22)16-9-5-2-6-10-16/h1-14,19,21H/t19-/m0/s1. The summed E-state index contributed by atoms with van der Waals surface area (Å²) in [5, 5.41) is 10.4. The Morgan fingerprint density at radius 1 is 0.636 bits per heavy atom. The highest BCUT2D eigenvalue weighted by atomic mass is 16.3. The summed E-state index contributed by atoms with van der Waals surface area (Å²) in [6.07, 6.45) is -0.679. The fourth-order valence-corrected chi connectivity index (χ4v) is 2.40. The van der Waals surface area contributed by atoms with Crippen LogP contribution < -0.4 is 0 Å². The van der Waals surface area contributed by atoms with Crippen LogP contribution in [0, 0.1) is 0 Å². The maximum atomic E-state index is 12.3. The van der Waals surface area contributed by atoms with E-state index >= 15 is 0 Å². The van der Waals surface area contributed by atoms with Crippen LogP contribution in [0.25, 0.3) is 0 Å². The molecular formula is C20H16O2. The fraction of sp³-hybridized carbons (Fsp3) is 0.0500. The van der Waals surface area contributed by atoms with Crippen molar-refractivity contribution in [2.75, 3.05) is 0 Å². The second-order valence-corrected chi connectivity index (χ2v) is 5.13. The lowest BCUT2D eigenvalue weighted by Crippen LogP contribution is -2.03. The van der Waals surface area contributed by atoms with Crippen LogP contribution >= 0.6 is 0 Å². The average molecular weight is 288 g/mol. The first kappa shape index (κ1) is 14.2. The smallest absolute Gasteiger partial charge is 0.193 e. The predicted molar refractivity (Wildman–Crippen MR) is 86.8 cm³/mol. The molecule has 3 rings (SSSR count). The minimum atomic E-state index is -0.679. The highest BCUT2D eigenvalue weighted by molar-refractivity contribution is 6.08. The summed E-state index contributed by atoms with van der Waals surface area (Å²) in [6.45, 7) is 0. The Morgan fingerprint density at radius 3 is 1.68 bits per heavy atom. The van der Waals surface area contributed by atoms with Crippen molar-refractivity contribution >= 4 is 5.78 Å². The number of aliphatic hydroxyl groups excluding tert-OH is 1. The molecule has 3 aromatic rings. The van der Waals surface area contributed by atoms with Crippen LogP contribution in [0.15, 0.2) is 84.9 Å². The molecule has 0 saturated carbocycles. The van der Waals surface area contributed by atoms with E-state index in [1.165, 1.54) is 0 Å². The van der Waals surface area contributed by atoms with Gasteiger partial charge in [-0.05, 0) is 11.1 Å². The lowest BCUT2D eigenvalue weighted by Gasteiger charge is -2.11. The predicted octanol–water partition coefficient (Wildman–Crippen LogP) is 4.00. The van der Waals surface area contributed by atoms with Gasteiger partial charge in [0.2, 0.25) is 0 Å². The van der Waals surface area contributed by atoms with Gasteiger partial charge in [0.05, 0.1) is 0 Å². The van der Waals surface area contributed by atoms with Crippen molar-refractivity contribution in [2.45, 2.75) is 6.10 Å². The molecule has 0 aliphatic rings. The second-order valence-electron chi connectivity index (χ2n) is 5.13. The quantitative estimate of drug-likeness (QED) is 0.737. The molecule has 1 atom stereocenters. The molecule has 0 aliphatic carbocycles. The van der Waals surface area contributed by atoms with E-state index in [0.29, 0.717) is 11.1 Å². The second kappa shape index (κ2) is 6.37. The molecule has 22 heavy (non-hydrogen) atoms. The van der Waals surface area contributed by atoms with Gasteiger partial charge in [-0.15, -0.1) is 0 Å². The Balaban J connectivity index is 1.83. The van der Waals surface area contributed by atoms with Gasteiger partial charge in [-0.3, -0.25) is 4.79 Å². The minimum Gasteiger partial charge on any atom is -0.384 e. The molecule has 0 saturated heterocycles. The molecule has 0 unspecified atom stereocenters. The summed E-state index contributed by atoms with van der Waals surface area (Å²) in [6, 6.07) is 25.8. The Kier molecular flexibility index (Phi) is 4.12. The van der Waals surface area contributed by atoms with Gasteiger partial charge in [-0.25, -0.2) is 0 Å². The van der Waals surface area contributed by atoms with E-state index in [1.54, 1.807) is 36.4 Å². The maximum Gasteiger partial charge on any atom is 0.193 e. The number of benzene rings is 3. The van der Waals surface area contributed by atoms with Crippen LogP contribution in [0.3, 0.4) is 0 Å². The molecule has 0 heterocycles. The largest absolute Gasteiger partial charge is 0.384 e. The molecule has 0 aliphatic heterocycles. The highest BCUT2D eigenvalue weighted by Crippen LogP contribution is 2.22. The van der Waals surface area contributed by atoms with E-state index in [9.17, 15) is 9.90 Å². The Hall–Kier alpha value is -2.71. The molecule has 108 valence electrons. The maximum absolute atomic E-state index is 12.3. The van der Waals surface area contributed by atoms with Crippen LogP contribution in [-0.2, 0) is 0 Å². The first-order valence-corrected chi connectivity index (χ1v) is 7.18. The first-order chi connectivity index (χ1) is 10.8. The highest BCUT2D eigenvalue weighted by Gasteiger charge is 2.12. The van der Waals surface area contributed by atoms with Crippen molar-refractivity contribution in [1.29, 1.82) is 0 Å². The summed E-state index contributed by atoms with van der Waals surface area (Å²) in [5.74, 6) is -0.0126. The van der Waals surface area contributed by atoms with E-state index in [2.05, 4.69) is 0 Å². The van der Waals surface area contributed by atoms with Crippen molar-refractivity contribution in [2.24, 2.45) is 0 Å². The fourth-order valence-electron chi connectivity index (χ4n) is 2.40. The molecule has 1 N–H and O–H groups in total. The van der Waals surface area contributed by atoms with Gasteiger partial charge >= 0.3 is 0 Å². The number of aliphatic hydroxyl groups is 1. The van der Waals surface area contributed by atoms with Gasteiger partial charge in [-0.2, -0.15) is 0 Å². The molecule has 0 amide bonds. The topological polar surface area (TPSA) is 37.3 Å². The zero-order valence-electron chi connectivity index (χ0n) is 12.0. The summed E-state index contributed by atoms with van der Waals surface area (Å²) < 4.78 is 0. The number of rotatable bonds is 4. The van der Waals surface area contributed by atoms with Gasteiger partial charge in [0, 0.05) is 11.1 Å². The SMILES string of the molecule is O=C(c1ccccc1)c1ccc([C@@H](O)c2ccccc2)cc1. The van der Waals surface area contributed by atoms with Crippen molar-refractivity contribution in [3.8, 4) is 0 Å². The first-order valence-electron chi connectivity index (χ1n) is 7.18. The van der Waals surface area contributed by atoms with Crippen molar-refractivity contribution in [3.05, 3.63) is 107 Å². The molecule has 3 aromatic carbocycles. The number of carbonyl (C=O) groups excluding carboxylic acids is 1. The monoisotopic (exact) mass is 288 g/mol. The van der Waals surface area contributed by atoms with Crippen LogP contribution in [0.2, 0.25) is 0 Å². The third-order valence-corrected chi connectivity index (χ3v) is 3.64. The van der Waals surface area contributed by atoms with Crippen LogP contribution in [0.5, 0.6) is 0 Å². The van der Waals surface area contributed by atoms with Crippen molar-refractivity contribution in [1.82, 2.24) is 0 Å². The number of carbonyl (C=O) groups is 1. The van der Waals surface area contributed by atoms with Crippen LogP contribution in [-0.4, -0.2) is 10.9 Å². The van der Waals surface area contributed by atoms with Gasteiger partial charge in [0.25, 0.3) is 0 Å². The molecule has 2 heteroatoms. The third-order valence-electron chi connectivity index (χ3n) is 3.64. The Labute approximate surface area is 129 Å². The number of ketones is 1. The van der Waals surface area contributed by atoms with E-state index in [1.807, 2.05) is 48.5 Å². The zero-order chi connectivity index (χ0) is 15.4. The minimum absolute atomic E-state index is 0.0126. The summed E-state index contributed by atoms with van der Waals surface area (Å²) in [4.78, 5) is 12.3. The van der Waals surface area contributed by atoms with E-state index in [4.69, 9.17) is 0 Å². The molecule has 0 bridgehead atoms. The average Bonchev–Trinajstić information content (AvgIpc) is 2.62.